The van der Waals surface area contributed by atoms with Gasteiger partial charge in [-0.2, -0.15) is 9.40 Å². The van der Waals surface area contributed by atoms with Gasteiger partial charge in [0.05, 0.1) is 17.5 Å². The van der Waals surface area contributed by atoms with Crippen LogP contribution in [-0.2, 0) is 17.1 Å². The fourth-order valence-electron chi connectivity index (χ4n) is 2.84. The number of aryl methyl sites for hydroxylation is 2. The lowest BCUT2D eigenvalue weighted by Gasteiger charge is -2.33. The summed E-state index contributed by atoms with van der Waals surface area (Å²) in [4.78, 5) is 0.311. The summed E-state index contributed by atoms with van der Waals surface area (Å²) in [5.74, 6) is 0.0100. The zero-order chi connectivity index (χ0) is 15.1. The van der Waals surface area contributed by atoms with E-state index >= 15 is 0 Å². The predicted octanol–water partition coefficient (Wildman–Crippen LogP) is 0.818. The van der Waals surface area contributed by atoms with Crippen molar-refractivity contribution < 1.29 is 13.5 Å². The average Bonchev–Trinajstić information content (AvgIpc) is 2.63. The van der Waals surface area contributed by atoms with Crippen molar-refractivity contribution in [2.45, 2.75) is 44.6 Å². The van der Waals surface area contributed by atoms with Gasteiger partial charge >= 0.3 is 0 Å². The number of hydrogen-bond acceptors (Lipinski definition) is 4. The molecule has 2 rings (SSSR count). The van der Waals surface area contributed by atoms with Crippen molar-refractivity contribution in [3.63, 3.8) is 0 Å². The second kappa shape index (κ2) is 5.46. The molecule has 0 spiro atoms. The summed E-state index contributed by atoms with van der Waals surface area (Å²) in [6.45, 7) is 6.10. The average molecular weight is 301 g/mol. The highest BCUT2D eigenvalue weighted by Crippen LogP contribution is 2.28. The van der Waals surface area contributed by atoms with Gasteiger partial charge in [-0.1, -0.05) is 0 Å². The quantitative estimate of drug-likeness (QED) is 0.897. The molecule has 0 aromatic carbocycles. The van der Waals surface area contributed by atoms with Crippen molar-refractivity contribution in [2.75, 3.05) is 13.1 Å². The number of hydrogen-bond donors (Lipinski definition) is 1. The van der Waals surface area contributed by atoms with Crippen LogP contribution in [0.3, 0.4) is 0 Å². The number of aliphatic hydroxyl groups is 1. The molecule has 2 heterocycles. The zero-order valence-corrected chi connectivity index (χ0v) is 13.3. The van der Waals surface area contributed by atoms with Crippen LogP contribution >= 0.6 is 0 Å². The van der Waals surface area contributed by atoms with Gasteiger partial charge in [-0.25, -0.2) is 8.42 Å². The third-order valence-corrected chi connectivity index (χ3v) is 6.26. The van der Waals surface area contributed by atoms with E-state index in [1.54, 1.807) is 32.5 Å². The molecule has 0 radical (unpaired) electrons. The first kappa shape index (κ1) is 15.5. The third-order valence-electron chi connectivity index (χ3n) is 4.14. The first-order chi connectivity index (χ1) is 9.25. The van der Waals surface area contributed by atoms with Gasteiger partial charge in [-0.05, 0) is 39.5 Å². The molecule has 1 saturated heterocycles. The van der Waals surface area contributed by atoms with Crippen molar-refractivity contribution in [1.82, 2.24) is 14.1 Å². The molecule has 2 atom stereocenters. The van der Waals surface area contributed by atoms with Gasteiger partial charge < -0.3 is 5.11 Å². The minimum atomic E-state index is -3.53. The second-order valence-corrected chi connectivity index (χ2v) is 7.50. The van der Waals surface area contributed by atoms with Crippen molar-refractivity contribution in [1.29, 1.82) is 0 Å². The van der Waals surface area contributed by atoms with E-state index in [1.807, 2.05) is 0 Å². The van der Waals surface area contributed by atoms with Gasteiger partial charge in [0.15, 0.2) is 0 Å². The highest BCUT2D eigenvalue weighted by molar-refractivity contribution is 7.89. The van der Waals surface area contributed by atoms with Crippen LogP contribution in [-0.4, -0.2) is 46.8 Å². The maximum Gasteiger partial charge on any atom is 0.246 e. The van der Waals surface area contributed by atoms with E-state index < -0.39 is 16.1 Å². The molecule has 1 aromatic rings. The molecule has 2 unspecified atom stereocenters. The maximum atomic E-state index is 12.8. The number of piperidine rings is 1. The topological polar surface area (TPSA) is 75.4 Å². The van der Waals surface area contributed by atoms with E-state index in [0.717, 1.165) is 12.8 Å². The fourth-order valence-corrected chi connectivity index (χ4v) is 4.78. The van der Waals surface area contributed by atoms with E-state index in [1.165, 1.54) is 4.31 Å². The Morgan fingerprint density at radius 1 is 1.40 bits per heavy atom. The highest BCUT2D eigenvalue weighted by atomic mass is 32.2. The smallest absolute Gasteiger partial charge is 0.246 e. The SMILES string of the molecule is Cc1nn(C)c(C)c1S(=O)(=O)N1CCCC(C(C)O)C1. The molecular weight excluding hydrogens is 278 g/mol. The molecule has 0 aliphatic carbocycles. The monoisotopic (exact) mass is 301 g/mol. The highest BCUT2D eigenvalue weighted by Gasteiger charge is 2.35. The molecule has 7 heteroatoms. The van der Waals surface area contributed by atoms with Crippen molar-refractivity contribution in [2.24, 2.45) is 13.0 Å². The van der Waals surface area contributed by atoms with Crippen LogP contribution < -0.4 is 0 Å². The molecule has 0 amide bonds. The van der Waals surface area contributed by atoms with Crippen LogP contribution in [0.5, 0.6) is 0 Å². The molecule has 20 heavy (non-hydrogen) atoms. The van der Waals surface area contributed by atoms with E-state index in [2.05, 4.69) is 5.10 Å². The van der Waals surface area contributed by atoms with E-state index in [0.29, 0.717) is 29.4 Å². The van der Waals surface area contributed by atoms with Gasteiger partial charge in [0.2, 0.25) is 10.0 Å². The summed E-state index contributed by atoms with van der Waals surface area (Å²) in [6.07, 6.45) is 1.17. The summed E-state index contributed by atoms with van der Waals surface area (Å²) < 4.78 is 28.7. The Labute approximate surface area is 120 Å². The minimum Gasteiger partial charge on any atom is -0.393 e. The number of nitrogens with zero attached hydrogens (tertiary/aromatic N) is 3. The number of rotatable bonds is 3. The van der Waals surface area contributed by atoms with Crippen LogP contribution in [0.15, 0.2) is 4.90 Å². The van der Waals surface area contributed by atoms with Gasteiger partial charge in [0.25, 0.3) is 0 Å². The molecule has 1 aromatic heterocycles. The standard InChI is InChI=1S/C13H23N3O3S/c1-9-13(10(2)15(4)14-9)20(18,19)16-7-5-6-12(8-16)11(3)17/h11-12,17H,5-8H2,1-4H3. The lowest BCUT2D eigenvalue weighted by atomic mass is 9.95. The Morgan fingerprint density at radius 2 is 2.05 bits per heavy atom. The van der Waals surface area contributed by atoms with Crippen LogP contribution in [0, 0.1) is 19.8 Å². The molecule has 1 aliphatic rings. The maximum absolute atomic E-state index is 12.8. The molecule has 1 fully saturated rings. The summed E-state index contributed by atoms with van der Waals surface area (Å²) >= 11 is 0. The number of aliphatic hydroxyl groups excluding tert-OH is 1. The number of sulfonamides is 1. The summed E-state index contributed by atoms with van der Waals surface area (Å²) in [7, 11) is -1.78. The first-order valence-electron chi connectivity index (χ1n) is 6.93. The summed E-state index contributed by atoms with van der Waals surface area (Å²) in [6, 6.07) is 0. The largest absolute Gasteiger partial charge is 0.393 e. The predicted molar refractivity (Wildman–Crippen MR) is 75.8 cm³/mol. The van der Waals surface area contributed by atoms with Gasteiger partial charge in [-0.3, -0.25) is 4.68 Å². The summed E-state index contributed by atoms with van der Waals surface area (Å²) in [5.41, 5.74) is 1.19. The van der Waals surface area contributed by atoms with Crippen LogP contribution in [0.1, 0.15) is 31.2 Å². The Morgan fingerprint density at radius 3 is 2.55 bits per heavy atom. The Balaban J connectivity index is 2.35. The second-order valence-electron chi connectivity index (χ2n) is 5.63. The van der Waals surface area contributed by atoms with Crippen LogP contribution in [0.4, 0.5) is 0 Å². The first-order valence-corrected chi connectivity index (χ1v) is 8.37. The Hall–Kier alpha value is -0.920. The molecule has 0 bridgehead atoms. The molecule has 114 valence electrons. The molecule has 6 nitrogen and oxygen atoms in total. The van der Waals surface area contributed by atoms with E-state index in [-0.39, 0.29) is 5.92 Å². The Bertz CT molecular complexity index is 592. The Kier molecular flexibility index (Phi) is 4.22. The minimum absolute atomic E-state index is 0.0100. The fraction of sp³-hybridized carbons (Fsp3) is 0.769. The van der Waals surface area contributed by atoms with Gasteiger partial charge in [-0.15, -0.1) is 0 Å². The van der Waals surface area contributed by atoms with Gasteiger partial charge in [0.1, 0.15) is 4.90 Å². The molecular formula is C13H23N3O3S. The van der Waals surface area contributed by atoms with E-state index in [4.69, 9.17) is 0 Å². The molecule has 1 aliphatic heterocycles. The number of aromatic nitrogens is 2. The van der Waals surface area contributed by atoms with Crippen LogP contribution in [0.25, 0.3) is 0 Å². The van der Waals surface area contributed by atoms with Crippen molar-refractivity contribution >= 4 is 10.0 Å². The lowest BCUT2D eigenvalue weighted by Crippen LogP contribution is -2.43. The zero-order valence-electron chi connectivity index (χ0n) is 12.5. The van der Waals surface area contributed by atoms with Crippen molar-refractivity contribution in [3.8, 4) is 0 Å². The lowest BCUT2D eigenvalue weighted by molar-refractivity contribution is 0.0885. The van der Waals surface area contributed by atoms with Gasteiger partial charge in [0, 0.05) is 20.1 Å². The van der Waals surface area contributed by atoms with Crippen LogP contribution in [0.2, 0.25) is 0 Å². The third kappa shape index (κ3) is 2.62. The normalized spacial score (nSPS) is 22.9. The van der Waals surface area contributed by atoms with E-state index in [9.17, 15) is 13.5 Å². The molecule has 1 N–H and O–H groups in total. The summed E-state index contributed by atoms with van der Waals surface area (Å²) in [5, 5.41) is 13.9. The molecule has 0 saturated carbocycles. The van der Waals surface area contributed by atoms with Crippen molar-refractivity contribution in [3.05, 3.63) is 11.4 Å².